The number of hydrogen-bond donors (Lipinski definition) is 0. The second-order valence-corrected chi connectivity index (χ2v) is 4.91. The zero-order chi connectivity index (χ0) is 11.7. The predicted molar refractivity (Wildman–Crippen MR) is 68.9 cm³/mol. The molecule has 88 valence electrons. The summed E-state index contributed by atoms with van der Waals surface area (Å²) in [5, 5.41) is 1.51. The van der Waals surface area contributed by atoms with Gasteiger partial charge in [0.05, 0.1) is 18.6 Å². The Hall–Kier alpha value is -1.46. The summed E-state index contributed by atoms with van der Waals surface area (Å²) in [6.07, 6.45) is 0. The Morgan fingerprint density at radius 1 is 1.24 bits per heavy atom. The van der Waals surface area contributed by atoms with Crippen LogP contribution in [0.4, 0.5) is 5.13 Å². The van der Waals surface area contributed by atoms with Crippen molar-refractivity contribution >= 4 is 26.6 Å². The van der Waals surface area contributed by atoms with Gasteiger partial charge in [0.2, 0.25) is 0 Å². The maximum absolute atomic E-state index is 11.9. The van der Waals surface area contributed by atoms with Gasteiger partial charge >= 0.3 is 0 Å². The van der Waals surface area contributed by atoms with Crippen molar-refractivity contribution in [1.29, 1.82) is 0 Å². The fourth-order valence-corrected chi connectivity index (χ4v) is 2.94. The second kappa shape index (κ2) is 4.43. The summed E-state index contributed by atoms with van der Waals surface area (Å²) in [6, 6.07) is 7.60. The molecular formula is C12H12N2O2S. The fourth-order valence-electron chi connectivity index (χ4n) is 1.89. The Morgan fingerprint density at radius 2 is 2.00 bits per heavy atom. The molecule has 4 nitrogen and oxygen atoms in total. The molecule has 1 saturated heterocycles. The van der Waals surface area contributed by atoms with Gasteiger partial charge in [0, 0.05) is 17.8 Å². The van der Waals surface area contributed by atoms with E-state index in [1.165, 1.54) is 0 Å². The summed E-state index contributed by atoms with van der Waals surface area (Å²) in [5.41, 5.74) is -0.138. The Morgan fingerprint density at radius 3 is 2.82 bits per heavy atom. The highest BCUT2D eigenvalue weighted by Crippen LogP contribution is 2.24. The van der Waals surface area contributed by atoms with Crippen LogP contribution in [0.25, 0.3) is 10.1 Å². The number of rotatable bonds is 1. The van der Waals surface area contributed by atoms with Gasteiger partial charge in [-0.15, -0.1) is 0 Å². The van der Waals surface area contributed by atoms with Crippen molar-refractivity contribution in [3.05, 3.63) is 34.6 Å². The Labute approximate surface area is 102 Å². The number of morpholine rings is 1. The summed E-state index contributed by atoms with van der Waals surface area (Å²) in [6.45, 7) is 3.02. The molecule has 1 aliphatic rings. The molecule has 2 heterocycles. The van der Waals surface area contributed by atoms with Crippen LogP contribution in [-0.4, -0.2) is 31.3 Å². The lowest BCUT2D eigenvalue weighted by molar-refractivity contribution is 0.122. The van der Waals surface area contributed by atoms with E-state index >= 15 is 0 Å². The molecule has 0 radical (unpaired) electrons. The van der Waals surface area contributed by atoms with Gasteiger partial charge in [-0.3, -0.25) is 4.79 Å². The molecule has 0 spiro atoms. The number of nitrogens with zero attached hydrogens (tertiary/aromatic N) is 2. The highest BCUT2D eigenvalue weighted by atomic mass is 32.1. The van der Waals surface area contributed by atoms with E-state index in [9.17, 15) is 4.79 Å². The average molecular weight is 248 g/mol. The minimum atomic E-state index is -0.138. The fraction of sp³-hybridized carbons (Fsp3) is 0.333. The first-order valence-electron chi connectivity index (χ1n) is 5.57. The summed E-state index contributed by atoms with van der Waals surface area (Å²) < 4.78 is 6.29. The highest BCUT2D eigenvalue weighted by molar-refractivity contribution is 7.21. The quantitative estimate of drug-likeness (QED) is 0.767. The monoisotopic (exact) mass is 248 g/mol. The average Bonchev–Trinajstić information content (AvgIpc) is 2.40. The molecule has 3 rings (SSSR count). The SMILES string of the molecule is O=c1nc(N2CCOCC2)sc2ccccc12. The highest BCUT2D eigenvalue weighted by Gasteiger charge is 2.14. The largest absolute Gasteiger partial charge is 0.378 e. The molecule has 1 aromatic carbocycles. The lowest BCUT2D eigenvalue weighted by Gasteiger charge is -2.26. The van der Waals surface area contributed by atoms with Crippen LogP contribution in [0, 0.1) is 0 Å². The van der Waals surface area contributed by atoms with Crippen LogP contribution >= 0.6 is 11.3 Å². The van der Waals surface area contributed by atoms with E-state index in [1.807, 2.05) is 24.3 Å². The number of fused-ring (bicyclic) bond motifs is 1. The summed E-state index contributed by atoms with van der Waals surface area (Å²) in [7, 11) is 0. The molecule has 0 unspecified atom stereocenters. The Bertz CT molecular complexity index is 590. The van der Waals surface area contributed by atoms with Gasteiger partial charge in [0.1, 0.15) is 0 Å². The zero-order valence-electron chi connectivity index (χ0n) is 9.26. The molecule has 0 aliphatic carbocycles. The van der Waals surface area contributed by atoms with Crippen molar-refractivity contribution in [3.8, 4) is 0 Å². The zero-order valence-corrected chi connectivity index (χ0v) is 10.1. The molecule has 0 atom stereocenters. The molecule has 5 heteroatoms. The van der Waals surface area contributed by atoms with E-state index in [1.54, 1.807) is 11.3 Å². The van der Waals surface area contributed by atoms with E-state index < -0.39 is 0 Å². The van der Waals surface area contributed by atoms with Gasteiger partial charge in [-0.25, -0.2) is 0 Å². The minimum absolute atomic E-state index is 0.138. The summed E-state index contributed by atoms with van der Waals surface area (Å²) >= 11 is 1.57. The molecule has 17 heavy (non-hydrogen) atoms. The van der Waals surface area contributed by atoms with Gasteiger partial charge in [-0.1, -0.05) is 23.5 Å². The molecular weight excluding hydrogens is 236 g/mol. The molecule has 0 N–H and O–H groups in total. The third-order valence-corrected chi connectivity index (χ3v) is 3.91. The van der Waals surface area contributed by atoms with Crippen LogP contribution in [0.15, 0.2) is 29.1 Å². The first-order chi connectivity index (χ1) is 8.34. The lowest BCUT2D eigenvalue weighted by atomic mass is 10.3. The lowest BCUT2D eigenvalue weighted by Crippen LogP contribution is -2.37. The van der Waals surface area contributed by atoms with Crippen LogP contribution in [0.1, 0.15) is 0 Å². The minimum Gasteiger partial charge on any atom is -0.378 e. The van der Waals surface area contributed by atoms with Gasteiger partial charge in [-0.05, 0) is 12.1 Å². The number of ether oxygens (including phenoxy) is 1. The van der Waals surface area contributed by atoms with Crippen LogP contribution in [0.2, 0.25) is 0 Å². The van der Waals surface area contributed by atoms with Gasteiger partial charge in [-0.2, -0.15) is 4.98 Å². The molecule has 0 saturated carbocycles. The van der Waals surface area contributed by atoms with Crippen molar-refractivity contribution in [3.63, 3.8) is 0 Å². The van der Waals surface area contributed by atoms with Gasteiger partial charge < -0.3 is 9.64 Å². The maximum atomic E-state index is 11.9. The first-order valence-corrected chi connectivity index (χ1v) is 6.39. The third kappa shape index (κ3) is 2.03. The van der Waals surface area contributed by atoms with Gasteiger partial charge in [0.15, 0.2) is 5.13 Å². The molecule has 1 aliphatic heterocycles. The first kappa shape index (κ1) is 10.7. The van der Waals surface area contributed by atoms with Crippen LogP contribution in [-0.2, 0) is 4.74 Å². The van der Waals surface area contributed by atoms with Gasteiger partial charge in [0.25, 0.3) is 5.56 Å². The summed E-state index contributed by atoms with van der Waals surface area (Å²) in [4.78, 5) is 18.2. The number of benzene rings is 1. The van der Waals surface area contributed by atoms with E-state index in [-0.39, 0.29) is 5.56 Å². The van der Waals surface area contributed by atoms with E-state index in [0.29, 0.717) is 18.6 Å². The van der Waals surface area contributed by atoms with Crippen molar-refractivity contribution in [2.24, 2.45) is 0 Å². The second-order valence-electron chi connectivity index (χ2n) is 3.90. The van der Waals surface area contributed by atoms with E-state index in [4.69, 9.17) is 4.74 Å². The van der Waals surface area contributed by atoms with Crippen molar-refractivity contribution in [1.82, 2.24) is 4.98 Å². The number of aromatic nitrogens is 1. The predicted octanol–water partition coefficient (Wildman–Crippen LogP) is 1.49. The standard InChI is InChI=1S/C12H12N2O2S/c15-11-9-3-1-2-4-10(9)17-12(13-11)14-5-7-16-8-6-14/h1-4H,5-8H2. The normalized spacial score (nSPS) is 16.4. The maximum Gasteiger partial charge on any atom is 0.281 e. The van der Waals surface area contributed by atoms with E-state index in [0.717, 1.165) is 22.9 Å². The van der Waals surface area contributed by atoms with Crippen molar-refractivity contribution in [2.75, 3.05) is 31.2 Å². The third-order valence-electron chi connectivity index (χ3n) is 2.80. The molecule has 0 amide bonds. The Balaban J connectivity index is 2.08. The Kier molecular flexibility index (Phi) is 2.78. The van der Waals surface area contributed by atoms with Crippen LogP contribution in [0.3, 0.4) is 0 Å². The molecule has 1 fully saturated rings. The van der Waals surface area contributed by atoms with E-state index in [2.05, 4.69) is 9.88 Å². The van der Waals surface area contributed by atoms with Crippen LogP contribution in [0.5, 0.6) is 0 Å². The van der Waals surface area contributed by atoms with Crippen molar-refractivity contribution < 1.29 is 4.74 Å². The molecule has 1 aromatic heterocycles. The topological polar surface area (TPSA) is 42.4 Å². The van der Waals surface area contributed by atoms with Crippen molar-refractivity contribution in [2.45, 2.75) is 0 Å². The van der Waals surface area contributed by atoms with Crippen LogP contribution < -0.4 is 10.5 Å². The number of hydrogen-bond acceptors (Lipinski definition) is 5. The molecule has 0 bridgehead atoms. The summed E-state index contributed by atoms with van der Waals surface area (Å²) in [5.74, 6) is 0. The number of anilines is 1. The smallest absolute Gasteiger partial charge is 0.281 e. The molecule has 2 aromatic rings.